The molecule has 0 spiro atoms. The monoisotopic (exact) mass is 181 g/mol. The summed E-state index contributed by atoms with van der Waals surface area (Å²) < 4.78 is 0. The van der Waals surface area contributed by atoms with Crippen LogP contribution in [0.3, 0.4) is 0 Å². The van der Waals surface area contributed by atoms with Gasteiger partial charge < -0.3 is 0 Å². The average molecular weight is 182 g/mol. The molecule has 0 aliphatic rings. The summed E-state index contributed by atoms with van der Waals surface area (Å²) in [5.41, 5.74) is 0. The number of hydrogen-bond donors (Lipinski definition) is 0. The third-order valence-electron chi connectivity index (χ3n) is 0. The Kier molecular flexibility index (Phi) is 20.2. The Balaban J connectivity index is 0. The predicted octanol–water partition coefficient (Wildman–Crippen LogP) is 1.37. The molecule has 1 radical (unpaired) electrons. The van der Waals surface area contributed by atoms with Crippen molar-refractivity contribution in [3.8, 4) is 0 Å². The Morgan fingerprint density at radius 1 is 1.25 bits per heavy atom. The Morgan fingerprint density at radius 2 is 1.25 bits per heavy atom. The van der Waals surface area contributed by atoms with Gasteiger partial charge in [-0.15, -0.1) is 0 Å². The van der Waals surface area contributed by atoms with Crippen LogP contribution in [-0.4, -0.2) is 0 Å². The van der Waals surface area contributed by atoms with Crippen LogP contribution in [0.1, 0.15) is 0 Å². The SMILES string of the molecule is [Cl][Fe][Cl].[Mn]. The smallest absolute Gasteiger partial charge is 0 e. The van der Waals surface area contributed by atoms with E-state index in [4.69, 9.17) is 20.2 Å². The van der Waals surface area contributed by atoms with Gasteiger partial charge in [0.2, 0.25) is 0 Å². The van der Waals surface area contributed by atoms with Gasteiger partial charge in [-0.3, -0.25) is 0 Å². The van der Waals surface area contributed by atoms with Crippen LogP contribution >= 0.6 is 20.2 Å². The van der Waals surface area contributed by atoms with E-state index in [2.05, 4.69) is 0 Å². The van der Waals surface area contributed by atoms with Crippen molar-refractivity contribution in [2.24, 2.45) is 0 Å². The maximum atomic E-state index is 4.76. The zero-order valence-electron chi connectivity index (χ0n) is 1.49. The molecule has 4 heavy (non-hydrogen) atoms. The number of halogens is 2. The van der Waals surface area contributed by atoms with Gasteiger partial charge in [-0.05, 0) is 0 Å². The second kappa shape index (κ2) is 8.82. The van der Waals surface area contributed by atoms with Gasteiger partial charge in [-0.2, -0.15) is 0 Å². The van der Waals surface area contributed by atoms with E-state index in [9.17, 15) is 0 Å². The molecule has 0 aliphatic heterocycles. The summed E-state index contributed by atoms with van der Waals surface area (Å²) in [6.07, 6.45) is 0. The molecule has 4 heteroatoms. The first-order valence-corrected chi connectivity index (χ1v) is 3.31. The van der Waals surface area contributed by atoms with Gasteiger partial charge in [-0.1, -0.05) is 0 Å². The molecule has 0 nitrogen and oxygen atoms in total. The van der Waals surface area contributed by atoms with E-state index in [-0.39, 0.29) is 30.2 Å². The quantitative estimate of drug-likeness (QED) is 0.496. The molecule has 0 saturated heterocycles. The zero-order chi connectivity index (χ0) is 2.71. The van der Waals surface area contributed by atoms with Crippen LogP contribution < -0.4 is 0 Å². The van der Waals surface area contributed by atoms with Crippen LogP contribution in [0.2, 0.25) is 0 Å². The van der Waals surface area contributed by atoms with Crippen molar-refractivity contribution in [3.05, 3.63) is 0 Å². The Bertz CT molecular complexity index is 6.00. The molecule has 0 N–H and O–H groups in total. The van der Waals surface area contributed by atoms with E-state index in [0.29, 0.717) is 0 Å². The first-order valence-electron chi connectivity index (χ1n) is 0.267. The van der Waals surface area contributed by atoms with Crippen molar-refractivity contribution in [1.29, 1.82) is 0 Å². The Labute approximate surface area is 50.3 Å². The molecule has 0 aromatic carbocycles. The molecule has 0 atom stereocenters. The summed E-state index contributed by atoms with van der Waals surface area (Å²) in [4.78, 5) is 0. The van der Waals surface area contributed by atoms with Crippen LogP contribution in [-0.2, 0) is 30.2 Å². The zero-order valence-corrected chi connectivity index (χ0v) is 5.28. The van der Waals surface area contributed by atoms with E-state index in [1.54, 1.807) is 0 Å². The molecule has 29 valence electrons. The van der Waals surface area contributed by atoms with Crippen LogP contribution in [0.4, 0.5) is 0 Å². The molecule has 0 aliphatic carbocycles. The van der Waals surface area contributed by atoms with Crippen LogP contribution in [0, 0.1) is 0 Å². The molecular weight excluding hydrogens is 182 g/mol. The topological polar surface area (TPSA) is 0 Å². The minimum Gasteiger partial charge on any atom is 0 e. The summed E-state index contributed by atoms with van der Waals surface area (Å²) in [5.74, 6) is 0. The molecule has 0 saturated carbocycles. The fourth-order valence-corrected chi connectivity index (χ4v) is 0. The third-order valence-corrected chi connectivity index (χ3v) is 0. The largest absolute Gasteiger partial charge is 0 e. The molecule has 0 amide bonds. The van der Waals surface area contributed by atoms with Crippen LogP contribution in [0.15, 0.2) is 0 Å². The van der Waals surface area contributed by atoms with Crippen molar-refractivity contribution in [2.75, 3.05) is 0 Å². The Morgan fingerprint density at radius 3 is 1.25 bits per heavy atom. The van der Waals surface area contributed by atoms with Gasteiger partial charge in [-0.25, -0.2) is 0 Å². The maximum Gasteiger partial charge on any atom is 0 e. The van der Waals surface area contributed by atoms with Gasteiger partial charge in [0.25, 0.3) is 0 Å². The van der Waals surface area contributed by atoms with Crippen LogP contribution in [0.25, 0.3) is 0 Å². The van der Waals surface area contributed by atoms with Gasteiger partial charge in [0.1, 0.15) is 0 Å². The first-order chi connectivity index (χ1) is 1.41. The van der Waals surface area contributed by atoms with Crippen molar-refractivity contribution in [1.82, 2.24) is 0 Å². The Hall–Kier alpha value is 1.62. The number of rotatable bonds is 0. The molecule has 0 bridgehead atoms. The van der Waals surface area contributed by atoms with Crippen LogP contribution in [0.5, 0.6) is 0 Å². The van der Waals surface area contributed by atoms with E-state index < -0.39 is 0 Å². The molecule has 0 unspecified atom stereocenters. The summed E-state index contributed by atoms with van der Waals surface area (Å²) >= 11 is 0.194. The van der Waals surface area contributed by atoms with Gasteiger partial charge >= 0.3 is 33.3 Å². The van der Waals surface area contributed by atoms with E-state index in [1.807, 2.05) is 0 Å². The molecule has 0 rings (SSSR count). The average Bonchev–Trinajstić information content (AvgIpc) is 0.918. The predicted molar refractivity (Wildman–Crippen MR) is 11.7 cm³/mol. The summed E-state index contributed by atoms with van der Waals surface area (Å²) in [6, 6.07) is 0. The standard InChI is InChI=1S/2ClH.Fe.Mn/h2*1H;;/q;;+2;/p-2. The van der Waals surface area contributed by atoms with E-state index >= 15 is 0 Å². The molecule has 0 aromatic heterocycles. The maximum absolute atomic E-state index is 4.76. The summed E-state index contributed by atoms with van der Waals surface area (Å²) in [6.45, 7) is 0. The van der Waals surface area contributed by atoms with Crippen molar-refractivity contribution < 1.29 is 30.2 Å². The third kappa shape index (κ3) is 9.47. The molecule has 0 fully saturated rings. The first kappa shape index (κ1) is 9.15. The normalized spacial score (nSPS) is 5.50. The fraction of sp³-hybridized carbons (Fsp3) is 0. The second-order valence-corrected chi connectivity index (χ2v) is 1.87. The van der Waals surface area contributed by atoms with Crippen molar-refractivity contribution >= 4 is 20.2 Å². The number of hydrogen-bond acceptors (Lipinski definition) is 0. The fourth-order valence-electron chi connectivity index (χ4n) is 0. The van der Waals surface area contributed by atoms with Gasteiger partial charge in [0.15, 0.2) is 0 Å². The molecule has 0 heterocycles. The van der Waals surface area contributed by atoms with Crippen molar-refractivity contribution in [2.45, 2.75) is 0 Å². The minimum atomic E-state index is 0. The minimum absolute atomic E-state index is 0. The summed E-state index contributed by atoms with van der Waals surface area (Å²) in [5, 5.41) is 0. The second-order valence-electron chi connectivity index (χ2n) is 0.0505. The van der Waals surface area contributed by atoms with Gasteiger partial charge in [0.05, 0.1) is 0 Å². The molecular formula is Cl2FeMn. The van der Waals surface area contributed by atoms with Gasteiger partial charge in [0, 0.05) is 17.1 Å². The van der Waals surface area contributed by atoms with E-state index in [0.717, 1.165) is 0 Å². The van der Waals surface area contributed by atoms with E-state index in [1.165, 1.54) is 0 Å². The van der Waals surface area contributed by atoms with Crippen molar-refractivity contribution in [3.63, 3.8) is 0 Å². The molecule has 0 aromatic rings. The summed E-state index contributed by atoms with van der Waals surface area (Å²) in [7, 11) is 9.53.